The highest BCUT2D eigenvalue weighted by molar-refractivity contribution is 6.05. The molecule has 2 heterocycles. The summed E-state index contributed by atoms with van der Waals surface area (Å²) >= 11 is 0. The van der Waals surface area contributed by atoms with Crippen molar-refractivity contribution in [3.05, 3.63) is 48.0 Å². The molecule has 1 atom stereocenters. The van der Waals surface area contributed by atoms with E-state index in [1.54, 1.807) is 7.11 Å². The first-order valence-corrected chi connectivity index (χ1v) is 8.76. The summed E-state index contributed by atoms with van der Waals surface area (Å²) in [4.78, 5) is 17.3. The summed E-state index contributed by atoms with van der Waals surface area (Å²) in [5, 5.41) is 3.04. The molecule has 1 N–H and O–H groups in total. The molecule has 0 aliphatic carbocycles. The maximum absolute atomic E-state index is 13.0. The Kier molecular flexibility index (Phi) is 3.99. The van der Waals surface area contributed by atoms with E-state index < -0.39 is 0 Å². The van der Waals surface area contributed by atoms with E-state index in [0.717, 1.165) is 36.4 Å². The van der Waals surface area contributed by atoms with Crippen molar-refractivity contribution in [1.29, 1.82) is 0 Å². The van der Waals surface area contributed by atoms with Crippen LogP contribution in [0, 0.1) is 6.92 Å². The number of urea groups is 1. The smallest absolute Gasteiger partial charge is 0.326 e. The fourth-order valence-corrected chi connectivity index (χ4v) is 3.88. The summed E-state index contributed by atoms with van der Waals surface area (Å²) in [5.41, 5.74) is 3.92. The van der Waals surface area contributed by atoms with Crippen LogP contribution in [0.3, 0.4) is 0 Å². The molecule has 5 nitrogen and oxygen atoms in total. The molecule has 1 fully saturated rings. The molecular formula is C20H23N3O2. The van der Waals surface area contributed by atoms with Crippen LogP contribution in [0.4, 0.5) is 21.9 Å². The number of aryl methyl sites for hydroxylation is 1. The lowest BCUT2D eigenvalue weighted by atomic mass is 10.1. The van der Waals surface area contributed by atoms with E-state index in [-0.39, 0.29) is 6.03 Å². The summed E-state index contributed by atoms with van der Waals surface area (Å²) in [6, 6.07) is 14.3. The summed E-state index contributed by atoms with van der Waals surface area (Å²) in [6.07, 6.45) is 2.31. The molecule has 0 spiro atoms. The minimum atomic E-state index is -0.108. The van der Waals surface area contributed by atoms with Gasteiger partial charge in [-0.05, 0) is 49.6 Å². The average molecular weight is 337 g/mol. The van der Waals surface area contributed by atoms with Crippen molar-refractivity contribution >= 4 is 23.1 Å². The number of fused-ring (bicyclic) bond motifs is 3. The fraction of sp³-hybridized carbons (Fsp3) is 0.350. The molecule has 25 heavy (non-hydrogen) atoms. The first kappa shape index (κ1) is 15.8. The van der Waals surface area contributed by atoms with Gasteiger partial charge in [-0.25, -0.2) is 4.79 Å². The molecule has 2 aliphatic rings. The molecule has 130 valence electrons. The van der Waals surface area contributed by atoms with Gasteiger partial charge >= 0.3 is 6.03 Å². The molecule has 2 aromatic rings. The Bertz CT molecular complexity index is 805. The van der Waals surface area contributed by atoms with Gasteiger partial charge in [0.2, 0.25) is 0 Å². The van der Waals surface area contributed by atoms with Crippen molar-refractivity contribution in [1.82, 2.24) is 0 Å². The molecule has 4 rings (SSSR count). The van der Waals surface area contributed by atoms with E-state index in [2.05, 4.69) is 16.3 Å². The molecule has 5 heteroatoms. The standard InChI is InChI=1S/C20H23N3O2/c1-14-9-10-19(25-2)16(12-14)21-20(24)23-13-15-6-5-11-22(15)17-7-3-4-8-18(17)23/h3-4,7-10,12,15H,5-6,11,13H2,1-2H3,(H,21,24)/t15-/m0/s1. The Hall–Kier alpha value is -2.69. The Morgan fingerprint density at radius 2 is 2.00 bits per heavy atom. The molecule has 2 amide bonds. The first-order valence-electron chi connectivity index (χ1n) is 8.76. The lowest BCUT2D eigenvalue weighted by Gasteiger charge is -2.40. The van der Waals surface area contributed by atoms with Gasteiger partial charge in [0.25, 0.3) is 0 Å². The summed E-state index contributed by atoms with van der Waals surface area (Å²) in [6.45, 7) is 3.79. The number of nitrogens with one attached hydrogen (secondary N) is 1. The molecule has 0 aromatic heterocycles. The molecule has 0 unspecified atom stereocenters. The maximum Gasteiger partial charge on any atom is 0.326 e. The van der Waals surface area contributed by atoms with Crippen LogP contribution in [0.2, 0.25) is 0 Å². The van der Waals surface area contributed by atoms with Crippen LogP contribution in [0.5, 0.6) is 5.75 Å². The van der Waals surface area contributed by atoms with E-state index in [9.17, 15) is 4.79 Å². The van der Waals surface area contributed by atoms with Gasteiger partial charge in [0.15, 0.2) is 0 Å². The number of para-hydroxylation sites is 2. The van der Waals surface area contributed by atoms with Crippen LogP contribution < -0.4 is 19.9 Å². The second kappa shape index (κ2) is 6.31. The van der Waals surface area contributed by atoms with Gasteiger partial charge in [-0.1, -0.05) is 18.2 Å². The average Bonchev–Trinajstić information content (AvgIpc) is 3.10. The van der Waals surface area contributed by atoms with E-state index in [0.29, 0.717) is 17.5 Å². The third-order valence-electron chi connectivity index (χ3n) is 5.09. The summed E-state index contributed by atoms with van der Waals surface area (Å²) in [7, 11) is 1.62. The molecule has 1 saturated heterocycles. The number of anilines is 3. The Labute approximate surface area is 148 Å². The zero-order valence-electron chi connectivity index (χ0n) is 14.7. The van der Waals surface area contributed by atoms with E-state index in [4.69, 9.17) is 4.74 Å². The van der Waals surface area contributed by atoms with Crippen LogP contribution in [-0.2, 0) is 0 Å². The zero-order valence-corrected chi connectivity index (χ0v) is 14.7. The normalized spacial score (nSPS) is 18.6. The number of benzene rings is 2. The van der Waals surface area contributed by atoms with Crippen LogP contribution >= 0.6 is 0 Å². The Balaban J connectivity index is 1.65. The van der Waals surface area contributed by atoms with Crippen molar-refractivity contribution in [3.63, 3.8) is 0 Å². The number of hydrogen-bond donors (Lipinski definition) is 1. The second-order valence-electron chi connectivity index (χ2n) is 6.72. The number of hydrogen-bond acceptors (Lipinski definition) is 3. The van der Waals surface area contributed by atoms with E-state index in [1.807, 2.05) is 48.2 Å². The lowest BCUT2D eigenvalue weighted by molar-refractivity contribution is 0.256. The topological polar surface area (TPSA) is 44.8 Å². The Morgan fingerprint density at radius 3 is 2.80 bits per heavy atom. The van der Waals surface area contributed by atoms with Gasteiger partial charge < -0.3 is 15.0 Å². The molecule has 2 aromatic carbocycles. The largest absolute Gasteiger partial charge is 0.495 e. The van der Waals surface area contributed by atoms with E-state index in [1.165, 1.54) is 6.42 Å². The van der Waals surface area contributed by atoms with Crippen LogP contribution in [-0.4, -0.2) is 32.3 Å². The van der Waals surface area contributed by atoms with Crippen molar-refractivity contribution in [3.8, 4) is 5.75 Å². The Morgan fingerprint density at radius 1 is 1.20 bits per heavy atom. The van der Waals surface area contributed by atoms with Gasteiger partial charge in [-0.3, -0.25) is 4.90 Å². The van der Waals surface area contributed by atoms with Crippen molar-refractivity contribution in [2.75, 3.05) is 35.3 Å². The van der Waals surface area contributed by atoms with Gasteiger partial charge in [-0.2, -0.15) is 0 Å². The highest BCUT2D eigenvalue weighted by Crippen LogP contribution is 2.39. The summed E-state index contributed by atoms with van der Waals surface area (Å²) < 4.78 is 5.39. The molecular weight excluding hydrogens is 314 g/mol. The molecule has 0 bridgehead atoms. The van der Waals surface area contributed by atoms with Crippen LogP contribution in [0.25, 0.3) is 0 Å². The number of carbonyl (C=O) groups excluding carboxylic acids is 1. The first-order chi connectivity index (χ1) is 12.2. The number of amides is 2. The molecule has 0 radical (unpaired) electrons. The van der Waals surface area contributed by atoms with Gasteiger partial charge in [-0.15, -0.1) is 0 Å². The lowest BCUT2D eigenvalue weighted by Crippen LogP contribution is -2.49. The number of ether oxygens (including phenoxy) is 1. The maximum atomic E-state index is 13.0. The highest BCUT2D eigenvalue weighted by Gasteiger charge is 2.36. The SMILES string of the molecule is COc1ccc(C)cc1NC(=O)N1C[C@@H]2CCCN2c2ccccc21. The summed E-state index contributed by atoms with van der Waals surface area (Å²) in [5.74, 6) is 0.673. The number of methoxy groups -OCH3 is 1. The highest BCUT2D eigenvalue weighted by atomic mass is 16.5. The van der Waals surface area contributed by atoms with Crippen LogP contribution in [0.1, 0.15) is 18.4 Å². The van der Waals surface area contributed by atoms with Crippen molar-refractivity contribution < 1.29 is 9.53 Å². The van der Waals surface area contributed by atoms with Gasteiger partial charge in [0, 0.05) is 19.1 Å². The molecule has 0 saturated carbocycles. The quantitative estimate of drug-likeness (QED) is 0.900. The number of carbonyl (C=O) groups is 1. The van der Waals surface area contributed by atoms with Crippen LogP contribution in [0.15, 0.2) is 42.5 Å². The predicted molar refractivity (Wildman–Crippen MR) is 101 cm³/mol. The van der Waals surface area contributed by atoms with Gasteiger partial charge in [0.1, 0.15) is 5.75 Å². The zero-order chi connectivity index (χ0) is 17.4. The minimum absolute atomic E-state index is 0.108. The monoisotopic (exact) mass is 337 g/mol. The van der Waals surface area contributed by atoms with Crippen molar-refractivity contribution in [2.24, 2.45) is 0 Å². The fourth-order valence-electron chi connectivity index (χ4n) is 3.88. The number of rotatable bonds is 2. The molecule has 2 aliphatic heterocycles. The van der Waals surface area contributed by atoms with Crippen molar-refractivity contribution in [2.45, 2.75) is 25.8 Å². The second-order valence-corrected chi connectivity index (χ2v) is 6.72. The number of nitrogens with zero attached hydrogens (tertiary/aromatic N) is 2. The third kappa shape index (κ3) is 2.80. The van der Waals surface area contributed by atoms with E-state index >= 15 is 0 Å². The van der Waals surface area contributed by atoms with Gasteiger partial charge in [0.05, 0.1) is 24.2 Å². The third-order valence-corrected chi connectivity index (χ3v) is 5.09. The minimum Gasteiger partial charge on any atom is -0.495 e. The predicted octanol–water partition coefficient (Wildman–Crippen LogP) is 4.02.